The second-order valence-corrected chi connectivity index (χ2v) is 8.01. The molecule has 0 aliphatic heterocycles. The third-order valence-electron chi connectivity index (χ3n) is 5.27. The van der Waals surface area contributed by atoms with Crippen molar-refractivity contribution in [3.63, 3.8) is 0 Å². The Hall–Kier alpha value is -3.72. The number of likely N-dealkylation sites (N-methyl/N-ethyl adjacent to an activating group) is 1. The van der Waals surface area contributed by atoms with Crippen molar-refractivity contribution in [1.82, 2.24) is 4.90 Å². The van der Waals surface area contributed by atoms with Gasteiger partial charge in [-0.2, -0.15) is 13.2 Å². The number of ketones is 1. The number of alkyl halides is 3. The molecule has 1 atom stereocenters. The van der Waals surface area contributed by atoms with E-state index in [1.807, 2.05) is 0 Å². The number of halogens is 4. The molecule has 0 fully saturated rings. The summed E-state index contributed by atoms with van der Waals surface area (Å²) in [5.74, 6) is -1.53. The molecule has 3 rings (SSSR count). The van der Waals surface area contributed by atoms with Gasteiger partial charge in [-0.05, 0) is 49.0 Å². The number of ether oxygens (including phenoxy) is 1. The maximum atomic E-state index is 13.4. The highest BCUT2D eigenvalue weighted by atomic mass is 19.4. The van der Waals surface area contributed by atoms with Gasteiger partial charge in [0.1, 0.15) is 17.7 Å². The summed E-state index contributed by atoms with van der Waals surface area (Å²) >= 11 is 0. The Kier molecular flexibility index (Phi) is 8.24. The van der Waals surface area contributed by atoms with E-state index in [-0.39, 0.29) is 17.7 Å². The van der Waals surface area contributed by atoms with Crippen molar-refractivity contribution in [2.24, 2.45) is 0 Å². The molecule has 0 heterocycles. The smallest absolute Gasteiger partial charge is 0.416 e. The maximum absolute atomic E-state index is 13.4. The molecule has 0 spiro atoms. The van der Waals surface area contributed by atoms with Gasteiger partial charge in [0.05, 0.1) is 12.1 Å². The fourth-order valence-electron chi connectivity index (χ4n) is 3.47. The molecule has 9 heteroatoms. The summed E-state index contributed by atoms with van der Waals surface area (Å²) in [4.78, 5) is 25.4. The lowest BCUT2D eigenvalue weighted by atomic mass is 10.0. The van der Waals surface area contributed by atoms with Crippen molar-refractivity contribution >= 4 is 11.8 Å². The summed E-state index contributed by atoms with van der Waals surface area (Å²) in [6, 6.07) is 15.9. The summed E-state index contributed by atoms with van der Waals surface area (Å²) in [6.45, 7) is 0.214. The van der Waals surface area contributed by atoms with Gasteiger partial charge in [0.15, 0.2) is 5.78 Å². The lowest BCUT2D eigenvalue weighted by molar-refractivity contribution is -0.138. The van der Waals surface area contributed by atoms with Crippen LogP contribution in [0.4, 0.5) is 17.6 Å². The van der Waals surface area contributed by atoms with Crippen LogP contribution >= 0.6 is 0 Å². The highest BCUT2D eigenvalue weighted by molar-refractivity contribution is 6.09. The average Bonchev–Trinajstić information content (AvgIpc) is 2.81. The molecule has 3 aromatic carbocycles. The van der Waals surface area contributed by atoms with E-state index in [4.69, 9.17) is 9.84 Å². The molecule has 184 valence electrons. The van der Waals surface area contributed by atoms with Crippen LogP contribution in [0.15, 0.2) is 72.8 Å². The molecule has 3 aromatic rings. The van der Waals surface area contributed by atoms with E-state index < -0.39 is 35.4 Å². The van der Waals surface area contributed by atoms with Gasteiger partial charge in [-0.1, -0.05) is 36.4 Å². The minimum Gasteiger partial charge on any atom is -0.486 e. The highest BCUT2D eigenvalue weighted by Crippen LogP contribution is 2.30. The van der Waals surface area contributed by atoms with Gasteiger partial charge < -0.3 is 9.84 Å². The van der Waals surface area contributed by atoms with Gasteiger partial charge in [-0.15, -0.1) is 0 Å². The van der Waals surface area contributed by atoms with E-state index in [1.165, 1.54) is 24.3 Å². The summed E-state index contributed by atoms with van der Waals surface area (Å²) in [5.41, 5.74) is 0.138. The standard InChI is InChI=1S/C26H23F4NO4/c1-31(16-24(32)33)14-13-23(17-7-11-21(27)12-8-17)35-22-4-2-3-19(15-22)25(34)18-5-9-20(10-6-18)26(28,29)30/h2-12,15,23H,13-14,16H2,1H3,(H,32,33). The van der Waals surface area contributed by atoms with Crippen LogP contribution in [0, 0.1) is 5.82 Å². The number of benzene rings is 3. The summed E-state index contributed by atoms with van der Waals surface area (Å²) in [7, 11) is 1.65. The molecule has 0 aromatic heterocycles. The third kappa shape index (κ3) is 7.38. The van der Waals surface area contributed by atoms with Crippen LogP contribution in [0.1, 0.15) is 39.6 Å². The van der Waals surface area contributed by atoms with E-state index >= 15 is 0 Å². The SMILES string of the molecule is CN(CCC(Oc1cccc(C(=O)c2ccc(C(F)(F)F)cc2)c1)c1ccc(F)cc1)CC(=O)O. The van der Waals surface area contributed by atoms with Crippen LogP contribution in [0.2, 0.25) is 0 Å². The first-order chi connectivity index (χ1) is 16.5. The predicted octanol–water partition coefficient (Wildman–Crippen LogP) is 5.60. The molecule has 1 unspecified atom stereocenters. The Balaban J connectivity index is 1.79. The minimum absolute atomic E-state index is 0.0977. The van der Waals surface area contributed by atoms with E-state index in [0.717, 1.165) is 24.3 Å². The lowest BCUT2D eigenvalue weighted by Crippen LogP contribution is -2.28. The zero-order chi connectivity index (χ0) is 25.6. The molecular weight excluding hydrogens is 466 g/mol. The normalized spacial score (nSPS) is 12.4. The maximum Gasteiger partial charge on any atom is 0.416 e. The van der Waals surface area contributed by atoms with Crippen LogP contribution < -0.4 is 4.74 Å². The Morgan fingerprint density at radius 1 is 0.971 bits per heavy atom. The van der Waals surface area contributed by atoms with Gasteiger partial charge in [-0.25, -0.2) is 4.39 Å². The Labute approximate surface area is 199 Å². The monoisotopic (exact) mass is 489 g/mol. The largest absolute Gasteiger partial charge is 0.486 e. The predicted molar refractivity (Wildman–Crippen MR) is 121 cm³/mol. The number of carboxylic acid groups (broad SMARTS) is 1. The molecule has 0 bridgehead atoms. The number of carbonyl (C=O) groups is 2. The Morgan fingerprint density at radius 2 is 1.63 bits per heavy atom. The molecule has 0 amide bonds. The topological polar surface area (TPSA) is 66.8 Å². The molecule has 0 saturated carbocycles. The quantitative estimate of drug-likeness (QED) is 0.297. The zero-order valence-corrected chi connectivity index (χ0v) is 18.8. The summed E-state index contributed by atoms with van der Waals surface area (Å²) < 4.78 is 57.9. The van der Waals surface area contributed by atoms with Crippen LogP contribution in [-0.2, 0) is 11.0 Å². The number of nitrogens with zero attached hydrogens (tertiary/aromatic N) is 1. The minimum atomic E-state index is -4.50. The van der Waals surface area contributed by atoms with Crippen molar-refractivity contribution < 1.29 is 37.0 Å². The van der Waals surface area contributed by atoms with Crippen molar-refractivity contribution in [3.8, 4) is 5.75 Å². The number of rotatable bonds is 10. The zero-order valence-electron chi connectivity index (χ0n) is 18.8. The van der Waals surface area contributed by atoms with E-state index in [9.17, 15) is 27.2 Å². The highest BCUT2D eigenvalue weighted by Gasteiger charge is 2.30. The van der Waals surface area contributed by atoms with Crippen LogP contribution in [0.3, 0.4) is 0 Å². The van der Waals surface area contributed by atoms with Gasteiger partial charge >= 0.3 is 12.1 Å². The molecule has 0 radical (unpaired) electrons. The molecular formula is C26H23F4NO4. The van der Waals surface area contributed by atoms with Crippen LogP contribution in [0.5, 0.6) is 5.75 Å². The van der Waals surface area contributed by atoms with Gasteiger partial charge in [0, 0.05) is 24.1 Å². The van der Waals surface area contributed by atoms with Gasteiger partial charge in [0.2, 0.25) is 0 Å². The van der Waals surface area contributed by atoms with E-state index in [2.05, 4.69) is 0 Å². The second kappa shape index (κ2) is 11.1. The Bertz CT molecular complexity index is 1160. The van der Waals surface area contributed by atoms with Crippen LogP contribution in [-0.4, -0.2) is 41.9 Å². The van der Waals surface area contributed by atoms with Crippen molar-refractivity contribution in [2.45, 2.75) is 18.7 Å². The molecule has 1 N–H and O–H groups in total. The summed E-state index contributed by atoms with van der Waals surface area (Å²) in [6.07, 6.45) is -4.68. The number of carboxylic acids is 1. The van der Waals surface area contributed by atoms with Crippen molar-refractivity contribution in [1.29, 1.82) is 0 Å². The number of aliphatic carboxylic acids is 1. The lowest BCUT2D eigenvalue weighted by Gasteiger charge is -2.23. The van der Waals surface area contributed by atoms with Crippen molar-refractivity contribution in [2.75, 3.05) is 20.1 Å². The first-order valence-electron chi connectivity index (χ1n) is 10.7. The molecule has 0 saturated heterocycles. The van der Waals surface area contributed by atoms with E-state index in [1.54, 1.807) is 36.2 Å². The second-order valence-electron chi connectivity index (χ2n) is 8.01. The first kappa shape index (κ1) is 25.9. The molecule has 0 aliphatic carbocycles. The van der Waals surface area contributed by atoms with Crippen molar-refractivity contribution in [3.05, 3.63) is 101 Å². The van der Waals surface area contributed by atoms with Crippen LogP contribution in [0.25, 0.3) is 0 Å². The number of hydrogen-bond donors (Lipinski definition) is 1. The fraction of sp³-hybridized carbons (Fsp3) is 0.231. The molecule has 35 heavy (non-hydrogen) atoms. The molecule has 0 aliphatic rings. The van der Waals surface area contributed by atoms with E-state index in [0.29, 0.717) is 24.3 Å². The first-order valence-corrected chi connectivity index (χ1v) is 10.7. The fourth-order valence-corrected chi connectivity index (χ4v) is 3.47. The van der Waals surface area contributed by atoms with Gasteiger partial charge in [-0.3, -0.25) is 14.5 Å². The van der Waals surface area contributed by atoms with Gasteiger partial charge in [0.25, 0.3) is 0 Å². The summed E-state index contributed by atoms with van der Waals surface area (Å²) in [5, 5.41) is 8.96. The third-order valence-corrected chi connectivity index (χ3v) is 5.27. The Morgan fingerprint density at radius 3 is 2.23 bits per heavy atom. The average molecular weight is 489 g/mol. The number of hydrogen-bond acceptors (Lipinski definition) is 4. The molecule has 5 nitrogen and oxygen atoms in total. The number of carbonyl (C=O) groups excluding carboxylic acids is 1.